The Kier molecular flexibility index (Phi) is 6.12. The number of carbonyl (C=O) groups excluding carboxylic acids is 2. The molecule has 2 aromatic carbocycles. The molecule has 0 saturated heterocycles. The van der Waals surface area contributed by atoms with Crippen LogP contribution in [0.3, 0.4) is 0 Å². The zero-order valence-corrected chi connectivity index (χ0v) is 15.1. The van der Waals surface area contributed by atoms with E-state index in [1.165, 1.54) is 6.21 Å². The number of amides is 2. The van der Waals surface area contributed by atoms with Crippen molar-refractivity contribution in [1.29, 1.82) is 0 Å². The van der Waals surface area contributed by atoms with Gasteiger partial charge in [0.25, 0.3) is 0 Å². The highest BCUT2D eigenvalue weighted by Gasteiger charge is 2.14. The lowest BCUT2D eigenvalue weighted by molar-refractivity contribution is -0.136. The van der Waals surface area contributed by atoms with E-state index in [1.807, 2.05) is 24.3 Å². The minimum atomic E-state index is -0.855. The molecule has 0 fully saturated rings. The molecule has 0 heterocycles. The number of halogens is 2. The van der Waals surface area contributed by atoms with Crippen molar-refractivity contribution in [3.05, 3.63) is 62.2 Å². The Labute approximate surface area is 152 Å². The summed E-state index contributed by atoms with van der Waals surface area (Å²) >= 11 is 8.16. The van der Waals surface area contributed by atoms with Crippen molar-refractivity contribution in [2.24, 2.45) is 5.10 Å². The van der Waals surface area contributed by atoms with Gasteiger partial charge in [0.2, 0.25) is 0 Å². The molecule has 7 heteroatoms. The number of anilines is 1. The van der Waals surface area contributed by atoms with Crippen molar-refractivity contribution in [3.8, 4) is 0 Å². The van der Waals surface area contributed by atoms with E-state index < -0.39 is 11.8 Å². The Morgan fingerprint density at radius 3 is 2.52 bits per heavy atom. The quantitative estimate of drug-likeness (QED) is 0.332. The van der Waals surface area contributed by atoms with E-state index in [4.69, 9.17) is 11.6 Å². The van der Waals surface area contributed by atoms with Crippen molar-refractivity contribution >= 4 is 57.9 Å². The highest BCUT2D eigenvalue weighted by atomic mass is 127. The molecule has 0 atom stereocenters. The van der Waals surface area contributed by atoms with Gasteiger partial charge in [0.05, 0.1) is 6.21 Å². The molecule has 2 N–H and O–H groups in total. The number of hydrazone groups is 1. The van der Waals surface area contributed by atoms with E-state index in [-0.39, 0.29) is 0 Å². The summed E-state index contributed by atoms with van der Waals surface area (Å²) in [5.74, 6) is -1.67. The van der Waals surface area contributed by atoms with Crippen LogP contribution in [-0.4, -0.2) is 18.0 Å². The Morgan fingerprint density at radius 1 is 1.13 bits per heavy atom. The van der Waals surface area contributed by atoms with E-state index in [2.05, 4.69) is 38.4 Å². The van der Waals surface area contributed by atoms with Crippen LogP contribution >= 0.6 is 34.2 Å². The topological polar surface area (TPSA) is 70.6 Å². The summed E-state index contributed by atoms with van der Waals surface area (Å²) in [4.78, 5) is 23.5. The molecule has 23 heavy (non-hydrogen) atoms. The van der Waals surface area contributed by atoms with Gasteiger partial charge in [-0.3, -0.25) is 9.59 Å². The maximum absolute atomic E-state index is 11.8. The molecule has 2 amide bonds. The number of nitrogens with zero attached hydrogens (tertiary/aromatic N) is 1. The van der Waals surface area contributed by atoms with E-state index in [0.29, 0.717) is 16.3 Å². The summed E-state index contributed by atoms with van der Waals surface area (Å²) in [5, 5.41) is 6.77. The van der Waals surface area contributed by atoms with Crippen LogP contribution in [-0.2, 0) is 9.59 Å². The third-order valence-corrected chi connectivity index (χ3v) is 4.10. The first kappa shape index (κ1) is 17.4. The lowest BCUT2D eigenvalue weighted by atomic mass is 10.2. The van der Waals surface area contributed by atoms with Crippen LogP contribution in [0.4, 0.5) is 5.69 Å². The normalized spacial score (nSPS) is 10.6. The second-order valence-corrected chi connectivity index (χ2v) is 6.27. The van der Waals surface area contributed by atoms with Crippen molar-refractivity contribution in [2.45, 2.75) is 6.92 Å². The maximum atomic E-state index is 11.8. The fourth-order valence-corrected chi connectivity index (χ4v) is 2.22. The molecule has 2 aromatic rings. The third-order valence-electron chi connectivity index (χ3n) is 2.97. The minimum Gasteiger partial charge on any atom is -0.317 e. The molecular weight excluding hydrogens is 429 g/mol. The van der Waals surface area contributed by atoms with Gasteiger partial charge >= 0.3 is 11.8 Å². The van der Waals surface area contributed by atoms with Gasteiger partial charge in [0.1, 0.15) is 0 Å². The van der Waals surface area contributed by atoms with Crippen LogP contribution in [0.15, 0.2) is 47.6 Å². The summed E-state index contributed by atoms with van der Waals surface area (Å²) in [6, 6.07) is 12.6. The molecule has 0 aliphatic carbocycles. The molecule has 0 aliphatic heterocycles. The van der Waals surface area contributed by atoms with Gasteiger partial charge in [-0.05, 0) is 64.9 Å². The number of hydrogen-bond donors (Lipinski definition) is 2. The molecule has 0 unspecified atom stereocenters. The molecule has 5 nitrogen and oxygen atoms in total. The van der Waals surface area contributed by atoms with E-state index in [0.717, 1.165) is 9.13 Å². The first-order valence-corrected chi connectivity index (χ1v) is 8.08. The Bertz CT molecular complexity index is 760. The van der Waals surface area contributed by atoms with Gasteiger partial charge in [0.15, 0.2) is 0 Å². The Hall–Kier alpha value is -1.93. The monoisotopic (exact) mass is 441 g/mol. The lowest BCUT2D eigenvalue weighted by Crippen LogP contribution is -2.32. The van der Waals surface area contributed by atoms with Gasteiger partial charge in [-0.1, -0.05) is 29.8 Å². The zero-order valence-electron chi connectivity index (χ0n) is 12.1. The van der Waals surface area contributed by atoms with Gasteiger partial charge in [0, 0.05) is 14.3 Å². The van der Waals surface area contributed by atoms with Crippen LogP contribution in [0.5, 0.6) is 0 Å². The van der Waals surface area contributed by atoms with E-state index in [1.54, 1.807) is 25.1 Å². The van der Waals surface area contributed by atoms with Gasteiger partial charge in [-0.25, -0.2) is 5.43 Å². The van der Waals surface area contributed by atoms with Gasteiger partial charge in [-0.15, -0.1) is 0 Å². The van der Waals surface area contributed by atoms with Crippen molar-refractivity contribution < 1.29 is 9.59 Å². The molecule has 118 valence electrons. The molecule has 0 saturated carbocycles. The summed E-state index contributed by atoms with van der Waals surface area (Å²) < 4.78 is 1.10. The lowest BCUT2D eigenvalue weighted by Gasteiger charge is -2.08. The number of hydrogen-bond acceptors (Lipinski definition) is 3. The van der Waals surface area contributed by atoms with Crippen LogP contribution in [0.25, 0.3) is 0 Å². The molecule has 0 spiro atoms. The third kappa shape index (κ3) is 5.04. The summed E-state index contributed by atoms with van der Waals surface area (Å²) in [5.41, 5.74) is 4.18. The molecule has 0 aromatic heterocycles. The summed E-state index contributed by atoms with van der Waals surface area (Å²) in [6.45, 7) is 1.75. The fourth-order valence-electron chi connectivity index (χ4n) is 1.69. The van der Waals surface area contributed by atoms with Crippen molar-refractivity contribution in [3.63, 3.8) is 0 Å². The second-order valence-electron chi connectivity index (χ2n) is 4.62. The zero-order chi connectivity index (χ0) is 16.8. The number of nitrogens with one attached hydrogen (secondary N) is 2. The predicted octanol–water partition coefficient (Wildman–Crippen LogP) is 3.34. The predicted molar refractivity (Wildman–Crippen MR) is 99.7 cm³/mol. The molecule has 0 radical (unpaired) electrons. The Morgan fingerprint density at radius 2 is 1.83 bits per heavy atom. The largest absolute Gasteiger partial charge is 0.329 e. The van der Waals surface area contributed by atoms with E-state index in [9.17, 15) is 9.59 Å². The number of rotatable bonds is 3. The van der Waals surface area contributed by atoms with Crippen LogP contribution in [0.2, 0.25) is 5.02 Å². The molecular formula is C16H13ClIN3O2. The summed E-state index contributed by atoms with van der Waals surface area (Å²) in [6.07, 6.45) is 1.46. The minimum absolute atomic E-state index is 0.485. The fraction of sp³-hybridized carbons (Fsp3) is 0.0625. The Balaban J connectivity index is 1.94. The SMILES string of the molecule is Cc1c(Cl)cccc1NC(=O)C(=O)N/N=C\c1ccc(I)cc1. The van der Waals surface area contributed by atoms with Gasteiger partial charge < -0.3 is 5.32 Å². The first-order chi connectivity index (χ1) is 11.0. The van der Waals surface area contributed by atoms with Gasteiger partial charge in [-0.2, -0.15) is 5.10 Å². The van der Waals surface area contributed by atoms with Crippen molar-refractivity contribution in [2.75, 3.05) is 5.32 Å². The van der Waals surface area contributed by atoms with Crippen LogP contribution in [0, 0.1) is 10.5 Å². The van der Waals surface area contributed by atoms with E-state index >= 15 is 0 Å². The van der Waals surface area contributed by atoms with Crippen LogP contribution in [0.1, 0.15) is 11.1 Å². The average Bonchev–Trinajstić information content (AvgIpc) is 2.53. The summed E-state index contributed by atoms with van der Waals surface area (Å²) in [7, 11) is 0. The number of carbonyl (C=O) groups is 2. The second kappa shape index (κ2) is 8.07. The molecule has 0 aliphatic rings. The van der Waals surface area contributed by atoms with Crippen LogP contribution < -0.4 is 10.7 Å². The maximum Gasteiger partial charge on any atom is 0.329 e. The highest BCUT2D eigenvalue weighted by Crippen LogP contribution is 2.22. The number of benzene rings is 2. The molecule has 0 bridgehead atoms. The first-order valence-electron chi connectivity index (χ1n) is 6.62. The highest BCUT2D eigenvalue weighted by molar-refractivity contribution is 14.1. The average molecular weight is 442 g/mol. The smallest absolute Gasteiger partial charge is 0.317 e. The standard InChI is InChI=1S/C16H13ClIN3O2/c1-10-13(17)3-2-4-14(10)20-15(22)16(23)21-19-9-11-5-7-12(18)8-6-11/h2-9H,1H3,(H,20,22)(H,21,23)/b19-9-. The molecule has 2 rings (SSSR count). The van der Waals surface area contributed by atoms with Crippen molar-refractivity contribution in [1.82, 2.24) is 5.43 Å².